The number of rotatable bonds is 7. The maximum absolute atomic E-state index is 13.5. The molecule has 4 aromatic rings. The van der Waals surface area contributed by atoms with Gasteiger partial charge in [0.1, 0.15) is 24.3 Å². The highest BCUT2D eigenvalue weighted by molar-refractivity contribution is 6.31. The van der Waals surface area contributed by atoms with Gasteiger partial charge in [-0.1, -0.05) is 35.3 Å². The molecular weight excluding hydrogens is 567 g/mol. The largest absolute Gasteiger partial charge is 0.493 e. The summed E-state index contributed by atoms with van der Waals surface area (Å²) in [5, 5.41) is 11.8. The highest BCUT2D eigenvalue weighted by Gasteiger charge is 2.37. The van der Waals surface area contributed by atoms with Gasteiger partial charge < -0.3 is 29.0 Å². The van der Waals surface area contributed by atoms with E-state index in [1.54, 1.807) is 29.2 Å². The second-order valence-electron chi connectivity index (χ2n) is 10.5. The lowest BCUT2D eigenvalue weighted by Gasteiger charge is -2.36. The highest BCUT2D eigenvalue weighted by atomic mass is 35.5. The minimum Gasteiger partial charge on any atom is -0.493 e. The third-order valence-electron chi connectivity index (χ3n) is 7.71. The number of hydrogen-bond acceptors (Lipinski definition) is 6. The molecule has 0 spiro atoms. The molecule has 1 amide bonds. The third kappa shape index (κ3) is 5.89. The Morgan fingerprint density at radius 1 is 1.00 bits per heavy atom. The van der Waals surface area contributed by atoms with Crippen molar-refractivity contribution in [1.82, 2.24) is 9.88 Å². The first-order valence-corrected chi connectivity index (χ1v) is 14.2. The SMILES string of the molecule is O=C(Oc1ccc(Cl)cc1)N1CCc2c([nH]c3ccc(Cl)cc23)C1c1ccc(OCC2(CCO)COCOC2)cc1. The number of amides is 1. The summed E-state index contributed by atoms with van der Waals surface area (Å²) < 4.78 is 22.9. The van der Waals surface area contributed by atoms with Crippen molar-refractivity contribution < 1.29 is 28.8 Å². The summed E-state index contributed by atoms with van der Waals surface area (Å²) in [6, 6.07) is 19.8. The predicted molar refractivity (Wildman–Crippen MR) is 156 cm³/mol. The minimum atomic E-state index is -0.455. The Labute approximate surface area is 247 Å². The summed E-state index contributed by atoms with van der Waals surface area (Å²) in [4.78, 5) is 18.8. The third-order valence-corrected chi connectivity index (χ3v) is 8.20. The second kappa shape index (κ2) is 11.9. The number of carbonyl (C=O) groups excluding carboxylic acids is 1. The van der Waals surface area contributed by atoms with Crippen LogP contribution in [0.15, 0.2) is 66.7 Å². The molecule has 1 fully saturated rings. The van der Waals surface area contributed by atoms with Crippen molar-refractivity contribution in [1.29, 1.82) is 0 Å². The number of aromatic nitrogens is 1. The zero-order valence-corrected chi connectivity index (χ0v) is 23.8. The number of benzene rings is 3. The van der Waals surface area contributed by atoms with E-state index in [0.29, 0.717) is 60.8 Å². The van der Waals surface area contributed by atoms with E-state index in [1.807, 2.05) is 42.5 Å². The summed E-state index contributed by atoms with van der Waals surface area (Å²) in [5.74, 6) is 1.09. The standard InChI is InChI=1S/C31H30Cl2N2O6/c32-21-3-8-24(9-4-21)41-30(37)35-13-11-25-26-15-22(33)5-10-27(26)34-28(25)29(35)20-1-6-23(7-2-20)40-18-31(12-14-36)16-38-19-39-17-31/h1-10,15,29,34,36H,11-14,16-19H2. The average Bonchev–Trinajstić information content (AvgIpc) is 3.35. The number of aliphatic hydroxyl groups is 1. The van der Waals surface area contributed by atoms with E-state index in [-0.39, 0.29) is 13.4 Å². The molecule has 3 heterocycles. The van der Waals surface area contributed by atoms with Crippen molar-refractivity contribution >= 4 is 40.2 Å². The van der Waals surface area contributed by atoms with E-state index in [1.165, 1.54) is 0 Å². The summed E-state index contributed by atoms with van der Waals surface area (Å²) in [6.45, 7) is 2.02. The summed E-state index contributed by atoms with van der Waals surface area (Å²) in [5.41, 5.74) is 3.51. The first-order valence-electron chi connectivity index (χ1n) is 13.5. The Morgan fingerprint density at radius 3 is 2.44 bits per heavy atom. The van der Waals surface area contributed by atoms with Gasteiger partial charge in [-0.25, -0.2) is 4.79 Å². The molecule has 2 aliphatic heterocycles. The van der Waals surface area contributed by atoms with E-state index in [0.717, 1.165) is 27.7 Å². The number of fused-ring (bicyclic) bond motifs is 3. The minimum absolute atomic E-state index is 0.0245. The number of aromatic amines is 1. The molecule has 214 valence electrons. The van der Waals surface area contributed by atoms with Crippen molar-refractivity contribution in [3.05, 3.63) is 93.6 Å². The Hall–Kier alpha value is -3.27. The number of aliphatic hydroxyl groups excluding tert-OH is 1. The molecule has 2 N–H and O–H groups in total. The van der Waals surface area contributed by atoms with E-state index >= 15 is 0 Å². The Kier molecular flexibility index (Phi) is 8.10. The smallest absolute Gasteiger partial charge is 0.416 e. The molecule has 2 aliphatic rings. The van der Waals surface area contributed by atoms with E-state index in [9.17, 15) is 9.90 Å². The molecule has 0 bridgehead atoms. The number of H-pyrrole nitrogens is 1. The van der Waals surface area contributed by atoms with Crippen LogP contribution in [0.5, 0.6) is 11.5 Å². The maximum Gasteiger partial charge on any atom is 0.416 e. The van der Waals surface area contributed by atoms with Crippen molar-refractivity contribution in [2.24, 2.45) is 5.41 Å². The van der Waals surface area contributed by atoms with E-state index in [2.05, 4.69) is 4.98 Å². The highest BCUT2D eigenvalue weighted by Crippen LogP contribution is 2.40. The van der Waals surface area contributed by atoms with Crippen LogP contribution in [-0.2, 0) is 15.9 Å². The first kappa shape index (κ1) is 27.9. The molecule has 8 nitrogen and oxygen atoms in total. The molecule has 0 saturated carbocycles. The first-order chi connectivity index (χ1) is 19.9. The second-order valence-corrected chi connectivity index (χ2v) is 11.4. The number of ether oxygens (including phenoxy) is 4. The fourth-order valence-electron chi connectivity index (χ4n) is 5.60. The van der Waals surface area contributed by atoms with Crippen LogP contribution >= 0.6 is 23.2 Å². The fraction of sp³-hybridized carbons (Fsp3) is 0.323. The molecular formula is C31H30Cl2N2O6. The fourth-order valence-corrected chi connectivity index (χ4v) is 5.90. The Balaban J connectivity index is 1.29. The van der Waals surface area contributed by atoms with E-state index in [4.69, 9.17) is 42.1 Å². The van der Waals surface area contributed by atoms with Gasteiger partial charge in [0.2, 0.25) is 0 Å². The van der Waals surface area contributed by atoms with Crippen molar-refractivity contribution in [3.63, 3.8) is 0 Å². The summed E-state index contributed by atoms with van der Waals surface area (Å²) in [7, 11) is 0. The van der Waals surface area contributed by atoms with Gasteiger partial charge in [-0.05, 0) is 78.6 Å². The van der Waals surface area contributed by atoms with Crippen LogP contribution in [0.2, 0.25) is 10.0 Å². The topological polar surface area (TPSA) is 93.3 Å². The monoisotopic (exact) mass is 596 g/mol. The number of nitrogens with zero attached hydrogens (tertiary/aromatic N) is 1. The molecule has 0 aliphatic carbocycles. The molecule has 0 radical (unpaired) electrons. The zero-order chi connectivity index (χ0) is 28.4. The molecule has 1 saturated heterocycles. The van der Waals surface area contributed by atoms with Crippen LogP contribution in [0.3, 0.4) is 0 Å². The Bertz CT molecular complexity index is 1510. The van der Waals surface area contributed by atoms with Crippen molar-refractivity contribution in [2.75, 3.05) is 39.8 Å². The van der Waals surface area contributed by atoms with Gasteiger partial charge in [-0.3, -0.25) is 4.90 Å². The number of nitrogens with one attached hydrogen (secondary N) is 1. The molecule has 1 unspecified atom stereocenters. The van der Waals surface area contributed by atoms with Crippen LogP contribution in [0.1, 0.15) is 29.3 Å². The molecule has 1 aromatic heterocycles. The maximum atomic E-state index is 13.5. The van der Waals surface area contributed by atoms with Crippen LogP contribution < -0.4 is 9.47 Å². The van der Waals surface area contributed by atoms with Crippen molar-refractivity contribution in [2.45, 2.75) is 18.9 Å². The van der Waals surface area contributed by atoms with Gasteiger partial charge in [0, 0.05) is 39.8 Å². The summed E-state index contributed by atoms with van der Waals surface area (Å²) in [6.07, 6.45) is 0.716. The van der Waals surface area contributed by atoms with E-state index < -0.39 is 17.6 Å². The van der Waals surface area contributed by atoms with Gasteiger partial charge in [0.25, 0.3) is 0 Å². The van der Waals surface area contributed by atoms with Crippen molar-refractivity contribution in [3.8, 4) is 11.5 Å². The lowest BCUT2D eigenvalue weighted by atomic mass is 9.87. The van der Waals surface area contributed by atoms with Gasteiger partial charge >= 0.3 is 6.09 Å². The Morgan fingerprint density at radius 2 is 1.71 bits per heavy atom. The molecule has 41 heavy (non-hydrogen) atoms. The molecule has 1 atom stereocenters. The molecule has 3 aromatic carbocycles. The van der Waals surface area contributed by atoms with Crippen LogP contribution in [0.4, 0.5) is 4.79 Å². The normalized spacial score (nSPS) is 18.2. The van der Waals surface area contributed by atoms with Gasteiger partial charge in [-0.2, -0.15) is 0 Å². The predicted octanol–water partition coefficient (Wildman–Crippen LogP) is 6.37. The lowest BCUT2D eigenvalue weighted by Crippen LogP contribution is -2.43. The van der Waals surface area contributed by atoms with Crippen LogP contribution in [0, 0.1) is 5.41 Å². The van der Waals surface area contributed by atoms with Gasteiger partial charge in [0.15, 0.2) is 0 Å². The number of carbonyl (C=O) groups is 1. The molecule has 10 heteroatoms. The molecule has 6 rings (SSSR count). The van der Waals surface area contributed by atoms with Crippen LogP contribution in [0.25, 0.3) is 10.9 Å². The van der Waals surface area contributed by atoms with Gasteiger partial charge in [-0.15, -0.1) is 0 Å². The average molecular weight is 597 g/mol. The summed E-state index contributed by atoms with van der Waals surface area (Å²) >= 11 is 12.3. The van der Waals surface area contributed by atoms with Gasteiger partial charge in [0.05, 0.1) is 25.2 Å². The number of hydrogen-bond donors (Lipinski definition) is 2. The number of halogens is 2. The lowest BCUT2D eigenvalue weighted by molar-refractivity contribution is -0.177. The zero-order valence-electron chi connectivity index (χ0n) is 22.3. The van der Waals surface area contributed by atoms with Crippen LogP contribution in [-0.4, -0.2) is 60.8 Å². The quantitative estimate of drug-likeness (QED) is 0.257.